The van der Waals surface area contributed by atoms with Gasteiger partial charge >= 0.3 is 5.97 Å². The van der Waals surface area contributed by atoms with Crippen molar-refractivity contribution in [3.63, 3.8) is 0 Å². The van der Waals surface area contributed by atoms with E-state index in [0.29, 0.717) is 18.9 Å². The van der Waals surface area contributed by atoms with Crippen molar-refractivity contribution in [1.82, 2.24) is 0 Å². The Morgan fingerprint density at radius 1 is 1.32 bits per heavy atom. The normalized spacial score (nSPS) is 11.6. The number of nitrogens with zero attached hydrogens (tertiary/aromatic N) is 3. The average molecular weight is 300 g/mol. The second kappa shape index (κ2) is 6.95. The molecule has 1 aromatic carbocycles. The van der Waals surface area contributed by atoms with Gasteiger partial charge in [-0.15, -0.1) is 0 Å². The van der Waals surface area contributed by atoms with Crippen molar-refractivity contribution >= 4 is 17.4 Å². The molecule has 0 amide bonds. The van der Waals surface area contributed by atoms with Crippen molar-refractivity contribution in [2.75, 3.05) is 25.2 Å². The van der Waals surface area contributed by atoms with Crippen LogP contribution in [-0.2, 0) is 4.74 Å². The monoisotopic (exact) mass is 300 g/mol. The van der Waals surface area contributed by atoms with Crippen LogP contribution in [0.15, 0.2) is 17.2 Å². The largest absolute Gasteiger partial charge is 0.485 e. The second-order valence-electron chi connectivity index (χ2n) is 4.03. The summed E-state index contributed by atoms with van der Waals surface area (Å²) in [5.74, 6) is 0.0187. The van der Waals surface area contributed by atoms with Gasteiger partial charge in [-0.2, -0.15) is 15.6 Å². The molecule has 1 heterocycles. The first kappa shape index (κ1) is 15.1. The van der Waals surface area contributed by atoms with Crippen molar-refractivity contribution in [2.24, 2.45) is 5.10 Å². The van der Waals surface area contributed by atoms with Crippen LogP contribution in [0, 0.1) is 22.7 Å². The average Bonchev–Trinajstić information content (AvgIpc) is 2.55. The van der Waals surface area contributed by atoms with E-state index in [0.717, 1.165) is 0 Å². The SMILES string of the molecule is CCOC(=O)c1ccc(NN=C(C#N)C#N)c2c1OCCO2. The molecule has 0 spiro atoms. The van der Waals surface area contributed by atoms with Crippen LogP contribution in [0.4, 0.5) is 5.69 Å². The van der Waals surface area contributed by atoms with Crippen molar-refractivity contribution in [3.05, 3.63) is 17.7 Å². The molecule has 0 aliphatic carbocycles. The Balaban J connectivity index is 2.38. The number of nitrogens with one attached hydrogen (secondary N) is 1. The lowest BCUT2D eigenvalue weighted by atomic mass is 10.1. The van der Waals surface area contributed by atoms with Crippen molar-refractivity contribution in [3.8, 4) is 23.6 Å². The fourth-order valence-corrected chi connectivity index (χ4v) is 1.79. The Bertz CT molecular complexity index is 684. The van der Waals surface area contributed by atoms with Crippen molar-refractivity contribution in [2.45, 2.75) is 6.92 Å². The zero-order chi connectivity index (χ0) is 15.9. The highest BCUT2D eigenvalue weighted by atomic mass is 16.6. The van der Waals surface area contributed by atoms with E-state index in [1.165, 1.54) is 12.1 Å². The fraction of sp³-hybridized carbons (Fsp3) is 0.286. The molecule has 112 valence electrons. The lowest BCUT2D eigenvalue weighted by Crippen LogP contribution is -2.19. The van der Waals surface area contributed by atoms with Gasteiger partial charge in [-0.05, 0) is 19.1 Å². The van der Waals surface area contributed by atoms with Gasteiger partial charge < -0.3 is 14.2 Å². The van der Waals surface area contributed by atoms with E-state index in [1.54, 1.807) is 19.1 Å². The van der Waals surface area contributed by atoms with Crippen LogP contribution >= 0.6 is 0 Å². The first-order valence-corrected chi connectivity index (χ1v) is 6.44. The molecular formula is C14H12N4O4. The van der Waals surface area contributed by atoms with Gasteiger partial charge in [0.05, 0.1) is 6.61 Å². The number of hydrogen-bond acceptors (Lipinski definition) is 8. The van der Waals surface area contributed by atoms with Crippen molar-refractivity contribution < 1.29 is 19.0 Å². The number of esters is 1. The molecule has 8 nitrogen and oxygen atoms in total. The number of hydrazone groups is 1. The van der Waals surface area contributed by atoms with Gasteiger partial charge in [-0.25, -0.2) is 4.79 Å². The molecule has 0 fully saturated rings. The van der Waals surface area contributed by atoms with Gasteiger partial charge in [0, 0.05) is 0 Å². The van der Waals surface area contributed by atoms with Gasteiger partial charge in [0.25, 0.3) is 0 Å². The number of ether oxygens (including phenoxy) is 3. The molecule has 0 radical (unpaired) electrons. The molecule has 0 atom stereocenters. The lowest BCUT2D eigenvalue weighted by Gasteiger charge is -2.22. The maximum Gasteiger partial charge on any atom is 0.342 e. The van der Waals surface area contributed by atoms with E-state index in [4.69, 9.17) is 24.7 Å². The highest BCUT2D eigenvalue weighted by Crippen LogP contribution is 2.40. The first-order chi connectivity index (χ1) is 10.7. The summed E-state index contributed by atoms with van der Waals surface area (Å²) in [4.78, 5) is 11.9. The maximum absolute atomic E-state index is 11.9. The Morgan fingerprint density at radius 3 is 2.64 bits per heavy atom. The predicted molar refractivity (Wildman–Crippen MR) is 75.7 cm³/mol. The molecule has 0 saturated heterocycles. The summed E-state index contributed by atoms with van der Waals surface area (Å²) in [6.07, 6.45) is 0. The Morgan fingerprint density at radius 2 is 2.00 bits per heavy atom. The highest BCUT2D eigenvalue weighted by Gasteiger charge is 2.24. The zero-order valence-electron chi connectivity index (χ0n) is 11.8. The van der Waals surface area contributed by atoms with E-state index in [9.17, 15) is 4.79 Å². The number of carbonyl (C=O) groups excluding carboxylic acids is 1. The molecule has 0 saturated carbocycles. The summed E-state index contributed by atoms with van der Waals surface area (Å²) in [6.45, 7) is 2.55. The van der Waals surface area contributed by atoms with Gasteiger partial charge in [0.15, 0.2) is 11.5 Å². The van der Waals surface area contributed by atoms with Gasteiger partial charge in [-0.3, -0.25) is 5.43 Å². The number of rotatable bonds is 4. The van der Waals surface area contributed by atoms with Gasteiger partial charge in [0.1, 0.15) is 36.6 Å². The topological polar surface area (TPSA) is 117 Å². The molecule has 0 unspecified atom stereocenters. The minimum absolute atomic E-state index is 0.242. The van der Waals surface area contributed by atoms with Crippen LogP contribution in [0.2, 0.25) is 0 Å². The second-order valence-corrected chi connectivity index (χ2v) is 4.03. The molecule has 22 heavy (non-hydrogen) atoms. The summed E-state index contributed by atoms with van der Waals surface area (Å²) in [5, 5.41) is 21.0. The van der Waals surface area contributed by atoms with E-state index in [2.05, 4.69) is 10.5 Å². The van der Waals surface area contributed by atoms with Gasteiger partial charge in [-0.1, -0.05) is 0 Å². The predicted octanol–water partition coefficient (Wildman–Crippen LogP) is 1.45. The summed E-state index contributed by atoms with van der Waals surface area (Å²) >= 11 is 0. The Hall–Kier alpha value is -3.26. The van der Waals surface area contributed by atoms with Crippen molar-refractivity contribution in [1.29, 1.82) is 10.5 Å². The number of benzene rings is 1. The van der Waals surface area contributed by atoms with Crippen LogP contribution in [0.3, 0.4) is 0 Å². The summed E-state index contributed by atoms with van der Waals surface area (Å²) in [7, 11) is 0. The van der Waals surface area contributed by atoms with Crippen LogP contribution in [0.1, 0.15) is 17.3 Å². The molecule has 1 aromatic rings. The number of nitriles is 2. The Labute approximate surface area is 126 Å². The molecular weight excluding hydrogens is 288 g/mol. The third-order valence-corrected chi connectivity index (χ3v) is 2.68. The first-order valence-electron chi connectivity index (χ1n) is 6.44. The molecule has 0 aromatic heterocycles. The lowest BCUT2D eigenvalue weighted by molar-refractivity contribution is 0.0516. The number of fused-ring (bicyclic) bond motifs is 1. The number of hydrogen-bond donors (Lipinski definition) is 1. The van der Waals surface area contributed by atoms with Crippen LogP contribution in [0.5, 0.6) is 11.5 Å². The van der Waals surface area contributed by atoms with E-state index in [-0.39, 0.29) is 29.4 Å². The standard InChI is InChI=1S/C14H12N4O4/c1-2-20-14(19)10-3-4-11(18-17-9(7-15)8-16)13-12(10)21-5-6-22-13/h3-4,18H,2,5-6H2,1H3. The molecule has 1 aliphatic heterocycles. The molecule has 1 aliphatic rings. The smallest absolute Gasteiger partial charge is 0.342 e. The quantitative estimate of drug-likeness (QED) is 0.508. The number of carbonyl (C=O) groups is 1. The minimum atomic E-state index is -0.519. The molecule has 1 N–H and O–H groups in total. The number of anilines is 1. The van der Waals surface area contributed by atoms with Crippen LogP contribution in [0.25, 0.3) is 0 Å². The third kappa shape index (κ3) is 3.07. The van der Waals surface area contributed by atoms with E-state index in [1.807, 2.05) is 0 Å². The van der Waals surface area contributed by atoms with Crippen LogP contribution in [-0.4, -0.2) is 31.5 Å². The van der Waals surface area contributed by atoms with Crippen LogP contribution < -0.4 is 14.9 Å². The van der Waals surface area contributed by atoms with E-state index >= 15 is 0 Å². The maximum atomic E-state index is 11.9. The fourth-order valence-electron chi connectivity index (χ4n) is 1.79. The van der Waals surface area contributed by atoms with Gasteiger partial charge in [0.2, 0.25) is 5.71 Å². The zero-order valence-corrected chi connectivity index (χ0v) is 11.8. The minimum Gasteiger partial charge on any atom is -0.485 e. The molecule has 8 heteroatoms. The molecule has 2 rings (SSSR count). The summed E-state index contributed by atoms with van der Waals surface area (Å²) in [5.41, 5.74) is 2.85. The molecule has 0 bridgehead atoms. The van der Waals surface area contributed by atoms with E-state index < -0.39 is 5.97 Å². The summed E-state index contributed by atoms with van der Waals surface area (Å²) in [6, 6.07) is 6.30. The Kier molecular flexibility index (Phi) is 4.78. The highest BCUT2D eigenvalue weighted by molar-refractivity contribution is 6.10. The summed E-state index contributed by atoms with van der Waals surface area (Å²) < 4.78 is 15.9. The third-order valence-electron chi connectivity index (χ3n) is 2.68.